The van der Waals surface area contributed by atoms with E-state index in [1.807, 2.05) is 0 Å². The fourth-order valence-electron chi connectivity index (χ4n) is 0.767. The SMILES string of the molecule is C[C@@H]1OC=C[C@@H](N)[C@H]1O. The van der Waals surface area contributed by atoms with Crippen LogP contribution in [0.3, 0.4) is 0 Å². The summed E-state index contributed by atoms with van der Waals surface area (Å²) in [5.74, 6) is 0. The van der Waals surface area contributed by atoms with Crippen molar-refractivity contribution >= 4 is 0 Å². The van der Waals surface area contributed by atoms with E-state index in [2.05, 4.69) is 0 Å². The molecule has 1 aliphatic rings. The predicted molar refractivity (Wildman–Crippen MR) is 33.7 cm³/mol. The number of nitrogens with two attached hydrogens (primary N) is 1. The lowest BCUT2D eigenvalue weighted by Gasteiger charge is -2.25. The van der Waals surface area contributed by atoms with E-state index in [1.165, 1.54) is 6.26 Å². The molecule has 1 aliphatic heterocycles. The predicted octanol–water partition coefficient (Wildman–Crippen LogP) is -0.393. The molecule has 3 N–H and O–H groups in total. The van der Waals surface area contributed by atoms with Gasteiger partial charge in [0.25, 0.3) is 0 Å². The first-order valence-corrected chi connectivity index (χ1v) is 2.97. The van der Waals surface area contributed by atoms with E-state index in [9.17, 15) is 0 Å². The van der Waals surface area contributed by atoms with Crippen molar-refractivity contribution in [2.24, 2.45) is 5.73 Å². The molecule has 0 saturated heterocycles. The van der Waals surface area contributed by atoms with Crippen LogP contribution in [0.4, 0.5) is 0 Å². The smallest absolute Gasteiger partial charge is 0.123 e. The molecule has 0 spiro atoms. The molecule has 0 aliphatic carbocycles. The van der Waals surface area contributed by atoms with Gasteiger partial charge in [0.1, 0.15) is 12.2 Å². The monoisotopic (exact) mass is 129 g/mol. The van der Waals surface area contributed by atoms with Gasteiger partial charge in [0.2, 0.25) is 0 Å². The number of aliphatic hydroxyl groups excluding tert-OH is 1. The molecule has 0 saturated carbocycles. The van der Waals surface area contributed by atoms with Gasteiger partial charge in [0, 0.05) is 0 Å². The van der Waals surface area contributed by atoms with Crippen molar-refractivity contribution in [2.45, 2.75) is 25.2 Å². The summed E-state index contributed by atoms with van der Waals surface area (Å²) in [4.78, 5) is 0. The van der Waals surface area contributed by atoms with Crippen LogP contribution in [0.5, 0.6) is 0 Å². The fourth-order valence-corrected chi connectivity index (χ4v) is 0.767. The molecule has 52 valence electrons. The molecule has 3 heteroatoms. The largest absolute Gasteiger partial charge is 0.496 e. The highest BCUT2D eigenvalue weighted by Crippen LogP contribution is 2.08. The highest BCUT2D eigenvalue weighted by molar-refractivity contribution is 4.98. The summed E-state index contributed by atoms with van der Waals surface area (Å²) in [6.45, 7) is 1.79. The molecule has 0 unspecified atom stereocenters. The Labute approximate surface area is 54.1 Å². The first-order chi connectivity index (χ1) is 4.22. The van der Waals surface area contributed by atoms with Crippen LogP contribution < -0.4 is 5.73 Å². The van der Waals surface area contributed by atoms with Crippen molar-refractivity contribution in [2.75, 3.05) is 0 Å². The number of aliphatic hydroxyl groups is 1. The summed E-state index contributed by atoms with van der Waals surface area (Å²) >= 11 is 0. The third-order valence-electron chi connectivity index (χ3n) is 1.47. The molecule has 0 amide bonds. The van der Waals surface area contributed by atoms with Crippen LogP contribution in [0.25, 0.3) is 0 Å². The molecule has 0 aromatic carbocycles. The molecular formula is C6H11NO2. The number of hydrogen-bond acceptors (Lipinski definition) is 3. The summed E-state index contributed by atoms with van der Waals surface area (Å²) in [5, 5.41) is 9.14. The van der Waals surface area contributed by atoms with E-state index < -0.39 is 6.10 Å². The van der Waals surface area contributed by atoms with Crippen molar-refractivity contribution in [3.63, 3.8) is 0 Å². The summed E-state index contributed by atoms with van der Waals surface area (Å²) in [6, 6.07) is -0.270. The average Bonchev–Trinajstić information content (AvgIpc) is 1.83. The topological polar surface area (TPSA) is 55.5 Å². The zero-order chi connectivity index (χ0) is 6.85. The molecule has 0 bridgehead atoms. The lowest BCUT2D eigenvalue weighted by atomic mass is 10.1. The van der Waals surface area contributed by atoms with Crippen molar-refractivity contribution in [3.8, 4) is 0 Å². The minimum atomic E-state index is -0.560. The fraction of sp³-hybridized carbons (Fsp3) is 0.667. The quantitative estimate of drug-likeness (QED) is 0.468. The van der Waals surface area contributed by atoms with E-state index in [1.54, 1.807) is 13.0 Å². The average molecular weight is 129 g/mol. The first-order valence-electron chi connectivity index (χ1n) is 2.97. The van der Waals surface area contributed by atoms with Gasteiger partial charge in [0.05, 0.1) is 12.3 Å². The van der Waals surface area contributed by atoms with Crippen LogP contribution in [0.2, 0.25) is 0 Å². The normalized spacial score (nSPS) is 42.3. The Morgan fingerprint density at radius 1 is 1.67 bits per heavy atom. The summed E-state index contributed by atoms with van der Waals surface area (Å²) in [5.41, 5.74) is 5.45. The Bertz CT molecular complexity index is 124. The lowest BCUT2D eigenvalue weighted by molar-refractivity contribution is 0.000367. The molecule has 0 fully saturated rings. The Kier molecular flexibility index (Phi) is 1.73. The molecule has 9 heavy (non-hydrogen) atoms. The van der Waals surface area contributed by atoms with Crippen LogP contribution in [-0.4, -0.2) is 23.4 Å². The lowest BCUT2D eigenvalue weighted by Crippen LogP contribution is -2.43. The van der Waals surface area contributed by atoms with Gasteiger partial charge in [-0.05, 0) is 13.0 Å². The maximum atomic E-state index is 9.14. The minimum Gasteiger partial charge on any atom is -0.496 e. The summed E-state index contributed by atoms with van der Waals surface area (Å²) < 4.78 is 4.95. The van der Waals surface area contributed by atoms with Gasteiger partial charge in [-0.25, -0.2) is 0 Å². The number of rotatable bonds is 0. The second-order valence-corrected chi connectivity index (χ2v) is 2.24. The Balaban J connectivity index is 2.58. The van der Waals surface area contributed by atoms with Gasteiger partial charge >= 0.3 is 0 Å². The van der Waals surface area contributed by atoms with E-state index in [4.69, 9.17) is 15.6 Å². The molecular weight excluding hydrogens is 118 g/mol. The zero-order valence-electron chi connectivity index (χ0n) is 5.32. The molecule has 0 aromatic rings. The van der Waals surface area contributed by atoms with Crippen molar-refractivity contribution in [3.05, 3.63) is 12.3 Å². The van der Waals surface area contributed by atoms with Crippen molar-refractivity contribution in [1.29, 1.82) is 0 Å². The van der Waals surface area contributed by atoms with Crippen LogP contribution in [0, 0.1) is 0 Å². The van der Waals surface area contributed by atoms with Crippen LogP contribution in [0.15, 0.2) is 12.3 Å². The Morgan fingerprint density at radius 2 is 2.33 bits per heavy atom. The van der Waals surface area contributed by atoms with Crippen LogP contribution in [0.1, 0.15) is 6.92 Å². The molecule has 0 aromatic heterocycles. The van der Waals surface area contributed by atoms with E-state index in [-0.39, 0.29) is 12.1 Å². The van der Waals surface area contributed by atoms with E-state index >= 15 is 0 Å². The van der Waals surface area contributed by atoms with Gasteiger partial charge in [-0.2, -0.15) is 0 Å². The first kappa shape index (κ1) is 6.58. The Morgan fingerprint density at radius 3 is 2.78 bits per heavy atom. The summed E-state index contributed by atoms with van der Waals surface area (Å²) in [7, 11) is 0. The highest BCUT2D eigenvalue weighted by atomic mass is 16.5. The summed E-state index contributed by atoms with van der Waals surface area (Å²) in [6.07, 6.45) is 2.44. The molecule has 1 rings (SSSR count). The van der Waals surface area contributed by atoms with Crippen LogP contribution >= 0.6 is 0 Å². The zero-order valence-corrected chi connectivity index (χ0v) is 5.32. The second-order valence-electron chi connectivity index (χ2n) is 2.24. The van der Waals surface area contributed by atoms with Gasteiger partial charge in [-0.3, -0.25) is 0 Å². The standard InChI is InChI=1S/C6H11NO2/c1-4-6(8)5(7)2-3-9-4/h2-6,8H,7H2,1H3/t4-,5+,6-/m0/s1. The maximum Gasteiger partial charge on any atom is 0.123 e. The minimum absolute atomic E-state index is 0.176. The third kappa shape index (κ3) is 1.23. The van der Waals surface area contributed by atoms with Crippen molar-refractivity contribution < 1.29 is 9.84 Å². The van der Waals surface area contributed by atoms with E-state index in [0.29, 0.717) is 0 Å². The number of hydrogen-bond donors (Lipinski definition) is 2. The van der Waals surface area contributed by atoms with Crippen LogP contribution in [-0.2, 0) is 4.74 Å². The highest BCUT2D eigenvalue weighted by Gasteiger charge is 2.23. The molecule has 3 nitrogen and oxygen atoms in total. The van der Waals surface area contributed by atoms with E-state index in [0.717, 1.165) is 0 Å². The third-order valence-corrected chi connectivity index (χ3v) is 1.47. The van der Waals surface area contributed by atoms with Gasteiger partial charge in [-0.1, -0.05) is 0 Å². The second kappa shape index (κ2) is 2.37. The Hall–Kier alpha value is -0.540. The van der Waals surface area contributed by atoms with Gasteiger partial charge < -0.3 is 15.6 Å². The number of ether oxygens (including phenoxy) is 1. The molecule has 1 heterocycles. The van der Waals surface area contributed by atoms with Crippen molar-refractivity contribution in [1.82, 2.24) is 0 Å². The molecule has 3 atom stereocenters. The van der Waals surface area contributed by atoms with Gasteiger partial charge in [-0.15, -0.1) is 0 Å². The maximum absolute atomic E-state index is 9.14. The molecule has 0 radical (unpaired) electrons. The van der Waals surface area contributed by atoms with Gasteiger partial charge in [0.15, 0.2) is 0 Å².